The van der Waals surface area contributed by atoms with Gasteiger partial charge in [-0.3, -0.25) is 9.59 Å². The van der Waals surface area contributed by atoms with Crippen molar-refractivity contribution in [2.45, 2.75) is 39.7 Å². The lowest BCUT2D eigenvalue weighted by molar-refractivity contribution is -0.150. The zero-order valence-corrected chi connectivity index (χ0v) is 14.4. The Morgan fingerprint density at radius 3 is 2.33 bits per heavy atom. The maximum absolute atomic E-state index is 12.2. The van der Waals surface area contributed by atoms with Crippen LogP contribution in [0.2, 0.25) is 0 Å². The normalized spacial score (nSPS) is 13.7. The molecule has 2 rings (SSSR count). The van der Waals surface area contributed by atoms with Crippen molar-refractivity contribution in [3.63, 3.8) is 0 Å². The van der Waals surface area contributed by atoms with E-state index in [1.807, 2.05) is 63.2 Å². The largest absolute Gasteiger partial charge is 0.481 e. The average molecular weight is 328 g/mol. The van der Waals surface area contributed by atoms with Gasteiger partial charge >= 0.3 is 11.9 Å². The van der Waals surface area contributed by atoms with Crippen LogP contribution in [0.15, 0.2) is 42.5 Å². The molecule has 0 heterocycles. The van der Waals surface area contributed by atoms with Crippen LogP contribution in [0.5, 0.6) is 0 Å². The van der Waals surface area contributed by atoms with Crippen LogP contribution < -0.4 is 0 Å². The van der Waals surface area contributed by atoms with Crippen LogP contribution in [-0.4, -0.2) is 17.0 Å². The zero-order chi connectivity index (χ0) is 17.7. The monoisotopic (exact) mass is 328 g/mol. The van der Waals surface area contributed by atoms with Crippen molar-refractivity contribution in [3.8, 4) is 0 Å². The number of esters is 1. The van der Waals surface area contributed by atoms with Crippen LogP contribution in [0.4, 0.5) is 0 Å². The number of carboxylic acids is 1. The van der Waals surface area contributed by atoms with Crippen LogP contribution in [0.1, 0.15) is 45.3 Å². The Hall–Kier alpha value is -2.36. The molecule has 0 bridgehead atoms. The number of benzene rings is 2. The number of carbonyl (C=O) groups excluding carboxylic acids is 1. The minimum Gasteiger partial charge on any atom is -0.481 e. The molecule has 0 fully saturated rings. The first kappa shape index (κ1) is 18.0. The molecule has 2 aromatic rings. The fraction of sp³-hybridized carbons (Fsp3) is 0.400. The summed E-state index contributed by atoms with van der Waals surface area (Å²) in [4.78, 5) is 23.2. The minimum absolute atomic E-state index is 0.0184. The van der Waals surface area contributed by atoms with Crippen molar-refractivity contribution in [3.05, 3.63) is 48.0 Å². The van der Waals surface area contributed by atoms with Crippen molar-refractivity contribution >= 4 is 22.7 Å². The molecule has 0 saturated carbocycles. The van der Waals surface area contributed by atoms with Crippen molar-refractivity contribution < 1.29 is 19.4 Å². The fourth-order valence-electron chi connectivity index (χ4n) is 2.90. The third-order valence-electron chi connectivity index (χ3n) is 4.38. The van der Waals surface area contributed by atoms with Gasteiger partial charge in [-0.15, -0.1) is 0 Å². The first-order chi connectivity index (χ1) is 11.4. The second kappa shape index (κ2) is 7.95. The van der Waals surface area contributed by atoms with Crippen molar-refractivity contribution in [2.75, 3.05) is 0 Å². The summed E-state index contributed by atoms with van der Waals surface area (Å²) in [7, 11) is 0. The third kappa shape index (κ3) is 4.57. The Labute approximate surface area is 142 Å². The van der Waals surface area contributed by atoms with E-state index in [2.05, 4.69) is 0 Å². The smallest absolute Gasteiger partial charge is 0.306 e. The summed E-state index contributed by atoms with van der Waals surface area (Å²) in [5, 5.41) is 11.1. The van der Waals surface area contributed by atoms with Gasteiger partial charge in [-0.2, -0.15) is 0 Å². The highest BCUT2D eigenvalue weighted by atomic mass is 16.5. The van der Waals surface area contributed by atoms with E-state index in [1.165, 1.54) is 0 Å². The summed E-state index contributed by atoms with van der Waals surface area (Å²) < 4.78 is 5.57. The number of ether oxygens (including phenoxy) is 1. The number of carbonyl (C=O) groups is 2. The van der Waals surface area contributed by atoms with Gasteiger partial charge in [0.05, 0.1) is 0 Å². The van der Waals surface area contributed by atoms with E-state index >= 15 is 0 Å². The summed E-state index contributed by atoms with van der Waals surface area (Å²) in [6, 6.07) is 13.9. The van der Waals surface area contributed by atoms with Crippen LogP contribution in [0.3, 0.4) is 0 Å². The Balaban J connectivity index is 2.09. The lowest BCUT2D eigenvalue weighted by Crippen LogP contribution is -2.20. The van der Waals surface area contributed by atoms with E-state index in [1.54, 1.807) is 0 Å². The Kier molecular flexibility index (Phi) is 5.96. The van der Waals surface area contributed by atoms with Crippen LogP contribution in [0, 0.1) is 11.8 Å². The van der Waals surface area contributed by atoms with Crippen molar-refractivity contribution in [1.82, 2.24) is 0 Å². The standard InChI is InChI=1S/C20H24O4/c1-13(2)16(11-19(21)22)12-20(23)24-14(3)17-10-6-8-15-7-4-5-9-18(15)17/h4-10,13-14,16H,11-12H2,1-3H3,(H,21,22)/t14-,16+/m1/s1. The van der Waals surface area contributed by atoms with Crippen LogP contribution >= 0.6 is 0 Å². The van der Waals surface area contributed by atoms with Gasteiger partial charge in [0.25, 0.3) is 0 Å². The predicted octanol–water partition coefficient (Wildman–Crippen LogP) is 4.58. The van der Waals surface area contributed by atoms with E-state index in [0.29, 0.717) is 0 Å². The summed E-state index contributed by atoms with van der Waals surface area (Å²) >= 11 is 0. The van der Waals surface area contributed by atoms with E-state index in [4.69, 9.17) is 9.84 Å². The maximum Gasteiger partial charge on any atom is 0.306 e. The molecule has 0 radical (unpaired) electrons. The molecule has 0 aliphatic rings. The highest BCUT2D eigenvalue weighted by Crippen LogP contribution is 2.28. The van der Waals surface area contributed by atoms with Gasteiger partial charge in [0.15, 0.2) is 0 Å². The summed E-state index contributed by atoms with van der Waals surface area (Å²) in [6.07, 6.45) is -0.268. The molecule has 1 N–H and O–H groups in total. The van der Waals surface area contributed by atoms with Gasteiger partial charge in [-0.05, 0) is 35.1 Å². The number of aliphatic carboxylic acids is 1. The van der Waals surface area contributed by atoms with Gasteiger partial charge in [0, 0.05) is 12.8 Å². The van der Waals surface area contributed by atoms with E-state index in [-0.39, 0.29) is 36.8 Å². The van der Waals surface area contributed by atoms with Gasteiger partial charge in [0.1, 0.15) is 6.10 Å². The first-order valence-electron chi connectivity index (χ1n) is 8.27. The quantitative estimate of drug-likeness (QED) is 0.756. The summed E-state index contributed by atoms with van der Waals surface area (Å²) in [6.45, 7) is 5.70. The zero-order valence-electron chi connectivity index (χ0n) is 14.4. The molecular formula is C20H24O4. The Morgan fingerprint density at radius 2 is 1.67 bits per heavy atom. The molecule has 2 aromatic carbocycles. The lowest BCUT2D eigenvalue weighted by atomic mass is 9.89. The van der Waals surface area contributed by atoms with Gasteiger partial charge in [-0.25, -0.2) is 0 Å². The number of carboxylic acid groups (broad SMARTS) is 1. The molecule has 0 spiro atoms. The van der Waals surface area contributed by atoms with Crippen LogP contribution in [-0.2, 0) is 14.3 Å². The van der Waals surface area contributed by atoms with Gasteiger partial charge < -0.3 is 9.84 Å². The molecule has 2 atom stereocenters. The predicted molar refractivity (Wildman–Crippen MR) is 93.7 cm³/mol. The molecule has 4 nitrogen and oxygen atoms in total. The molecular weight excluding hydrogens is 304 g/mol. The summed E-state index contributed by atoms with van der Waals surface area (Å²) in [5.74, 6) is -1.34. The molecule has 0 saturated heterocycles. The van der Waals surface area contributed by atoms with Gasteiger partial charge in [0.2, 0.25) is 0 Å². The molecule has 0 aliphatic heterocycles. The second-order valence-electron chi connectivity index (χ2n) is 6.51. The van der Waals surface area contributed by atoms with Crippen molar-refractivity contribution in [2.24, 2.45) is 11.8 Å². The number of fused-ring (bicyclic) bond motifs is 1. The molecule has 0 unspecified atom stereocenters. The topological polar surface area (TPSA) is 63.6 Å². The minimum atomic E-state index is -0.886. The number of rotatable bonds is 7. The van der Waals surface area contributed by atoms with Crippen LogP contribution in [0.25, 0.3) is 10.8 Å². The molecule has 0 aromatic heterocycles. The van der Waals surface area contributed by atoms with E-state index < -0.39 is 5.97 Å². The maximum atomic E-state index is 12.2. The third-order valence-corrected chi connectivity index (χ3v) is 4.38. The second-order valence-corrected chi connectivity index (χ2v) is 6.51. The summed E-state index contributed by atoms with van der Waals surface area (Å²) in [5.41, 5.74) is 0.959. The Morgan fingerprint density at radius 1 is 1.00 bits per heavy atom. The lowest BCUT2D eigenvalue weighted by Gasteiger charge is -2.20. The molecule has 0 aliphatic carbocycles. The molecule has 4 heteroatoms. The highest BCUT2D eigenvalue weighted by molar-refractivity contribution is 5.86. The average Bonchev–Trinajstić information content (AvgIpc) is 2.53. The van der Waals surface area contributed by atoms with E-state index in [0.717, 1.165) is 16.3 Å². The molecule has 24 heavy (non-hydrogen) atoms. The first-order valence-corrected chi connectivity index (χ1v) is 8.27. The molecule has 128 valence electrons. The van der Waals surface area contributed by atoms with E-state index in [9.17, 15) is 9.59 Å². The van der Waals surface area contributed by atoms with Crippen molar-refractivity contribution in [1.29, 1.82) is 0 Å². The number of hydrogen-bond donors (Lipinski definition) is 1. The fourth-order valence-corrected chi connectivity index (χ4v) is 2.90. The highest BCUT2D eigenvalue weighted by Gasteiger charge is 2.23. The Bertz CT molecular complexity index is 715. The van der Waals surface area contributed by atoms with Gasteiger partial charge in [-0.1, -0.05) is 56.3 Å². The molecule has 0 amide bonds. The number of hydrogen-bond acceptors (Lipinski definition) is 3. The SMILES string of the molecule is CC(C)[C@@H](CC(=O)O)CC(=O)O[C@H](C)c1cccc2ccccc12.